The number of piperazine rings is 1. The van der Waals surface area contributed by atoms with E-state index in [1.807, 2.05) is 58.3 Å². The molecular weight excluding hydrogens is 865 g/mol. The smallest absolute Gasteiger partial charge is 0.310 e. The molecule has 3 aliphatic rings. The normalized spacial score (nSPS) is 17.8. The number of benzene rings is 2. The van der Waals surface area contributed by atoms with Crippen molar-refractivity contribution in [2.75, 3.05) is 78.7 Å². The number of hydrogen-bond donors (Lipinski definition) is 0. The van der Waals surface area contributed by atoms with E-state index in [9.17, 15) is 19.2 Å². The summed E-state index contributed by atoms with van der Waals surface area (Å²) in [6.45, 7) is 31.0. The van der Waals surface area contributed by atoms with E-state index in [-0.39, 0.29) is 46.7 Å². The Labute approximate surface area is 399 Å². The van der Waals surface area contributed by atoms with Crippen LogP contribution in [0.2, 0.25) is 36.3 Å². The van der Waals surface area contributed by atoms with Gasteiger partial charge in [-0.25, -0.2) is 0 Å². The third kappa shape index (κ3) is 17.0. The van der Waals surface area contributed by atoms with Crippen LogP contribution in [0.4, 0.5) is 0 Å². The number of carbonyl (C=O) groups is 4. The van der Waals surface area contributed by atoms with Gasteiger partial charge in [0.05, 0.1) is 52.4 Å². The lowest BCUT2D eigenvalue weighted by Crippen LogP contribution is -2.54. The molecule has 5 rings (SSSR count). The molecule has 0 radical (unpaired) electrons. The van der Waals surface area contributed by atoms with Gasteiger partial charge in [0.2, 0.25) is 11.8 Å². The van der Waals surface area contributed by atoms with Gasteiger partial charge in [0.15, 0.2) is 16.6 Å². The maximum absolute atomic E-state index is 13.3. The molecular formula is C52H84N4O8Si2. The molecule has 66 heavy (non-hydrogen) atoms. The van der Waals surface area contributed by atoms with Crippen LogP contribution < -0.4 is 0 Å². The summed E-state index contributed by atoms with van der Waals surface area (Å²) in [7, 11) is -3.63. The standard InChI is InChI=1S/C52H84N4O8Si2/c1-51(2,3)65(7,8)63-39-45-15-11-43(12-16-45)35-49(59)61-33-23-41-19-25-53(26-20-41)37-47(57)55-29-31-56(32-30-55)48(58)38-54-27-21-42(22-28-54)24-34-62-50(60)36-44-13-17-46(18-14-44)40-64-66(9,10)52(4,5)6/h11-18,41-42H,19-40H2,1-10H3. The van der Waals surface area contributed by atoms with Gasteiger partial charge in [0.25, 0.3) is 0 Å². The van der Waals surface area contributed by atoms with Crippen molar-refractivity contribution < 1.29 is 37.5 Å². The minimum Gasteiger partial charge on any atom is -0.465 e. The summed E-state index contributed by atoms with van der Waals surface area (Å²) >= 11 is 0. The Balaban J connectivity index is 0.871. The predicted molar refractivity (Wildman–Crippen MR) is 267 cm³/mol. The van der Waals surface area contributed by atoms with Gasteiger partial charge < -0.3 is 28.1 Å². The number of likely N-dealkylation sites (tertiary alicyclic amines) is 2. The first kappa shape index (κ1) is 53.5. The summed E-state index contributed by atoms with van der Waals surface area (Å²) in [6.07, 6.45) is 6.16. The number of piperidine rings is 2. The fraction of sp³-hybridized carbons (Fsp3) is 0.692. The molecule has 12 nitrogen and oxygen atoms in total. The molecule has 0 bridgehead atoms. The number of amides is 2. The summed E-state index contributed by atoms with van der Waals surface area (Å²) in [6, 6.07) is 16.2. The molecule has 0 saturated carbocycles. The Morgan fingerprint density at radius 2 is 0.803 bits per heavy atom. The first-order valence-electron chi connectivity index (χ1n) is 24.8. The molecule has 0 spiro atoms. The molecule has 3 fully saturated rings. The molecule has 368 valence electrons. The lowest BCUT2D eigenvalue weighted by molar-refractivity contribution is -0.144. The summed E-state index contributed by atoms with van der Waals surface area (Å²) in [4.78, 5) is 60.0. The van der Waals surface area contributed by atoms with Crippen LogP contribution in [0.1, 0.15) is 102 Å². The zero-order valence-electron chi connectivity index (χ0n) is 42.4. The maximum Gasteiger partial charge on any atom is 0.310 e. The second-order valence-electron chi connectivity index (χ2n) is 22.3. The number of nitrogens with zero attached hydrogens (tertiary/aromatic N) is 4. The SMILES string of the molecule is CC(C)(C)[Si](C)(C)OCc1ccc(CC(=O)OCCC2CCN(CC(=O)N3CCN(C(=O)CN4CCC(CCOC(=O)Cc5ccc(CO[Si](C)(C)C(C)(C)C)cc5)CC4)CC3)CC2)cc1. The fourth-order valence-corrected chi connectivity index (χ4v) is 10.2. The van der Waals surface area contributed by atoms with Crippen LogP contribution in [-0.4, -0.2) is 139 Å². The van der Waals surface area contributed by atoms with Gasteiger partial charge in [-0.05, 0) is 135 Å². The minimum atomic E-state index is -1.82. The topological polar surface area (TPSA) is 118 Å². The number of ether oxygens (including phenoxy) is 2. The van der Waals surface area contributed by atoms with Crippen LogP contribution >= 0.6 is 0 Å². The first-order chi connectivity index (χ1) is 31.1. The molecule has 0 aromatic heterocycles. The molecule has 0 aliphatic carbocycles. The molecule has 0 N–H and O–H groups in total. The monoisotopic (exact) mass is 949 g/mol. The van der Waals surface area contributed by atoms with Crippen LogP contribution in [0.15, 0.2) is 48.5 Å². The Kier molecular flexibility index (Phi) is 19.7. The zero-order chi connectivity index (χ0) is 48.1. The molecule has 2 aromatic carbocycles. The molecule has 0 unspecified atom stereocenters. The molecule has 2 aromatic rings. The number of hydrogen-bond acceptors (Lipinski definition) is 10. The Bertz CT molecular complexity index is 1720. The highest BCUT2D eigenvalue weighted by atomic mass is 28.4. The van der Waals surface area contributed by atoms with E-state index in [4.69, 9.17) is 18.3 Å². The highest BCUT2D eigenvalue weighted by Crippen LogP contribution is 2.38. The Morgan fingerprint density at radius 1 is 0.500 bits per heavy atom. The van der Waals surface area contributed by atoms with Crippen molar-refractivity contribution in [2.24, 2.45) is 11.8 Å². The molecule has 3 saturated heterocycles. The minimum absolute atomic E-state index is 0.135. The van der Waals surface area contributed by atoms with E-state index >= 15 is 0 Å². The fourth-order valence-electron chi connectivity index (χ4n) is 8.24. The van der Waals surface area contributed by atoms with Crippen molar-refractivity contribution in [3.8, 4) is 0 Å². The Hall–Kier alpha value is -3.41. The summed E-state index contributed by atoms with van der Waals surface area (Å²) in [5.41, 5.74) is 4.13. The van der Waals surface area contributed by atoms with E-state index in [0.29, 0.717) is 77.5 Å². The van der Waals surface area contributed by atoms with E-state index in [1.54, 1.807) is 0 Å². The van der Waals surface area contributed by atoms with Crippen LogP contribution in [0.3, 0.4) is 0 Å². The maximum atomic E-state index is 13.3. The Morgan fingerprint density at radius 3 is 1.11 bits per heavy atom. The number of rotatable bonds is 20. The average molecular weight is 949 g/mol. The van der Waals surface area contributed by atoms with Gasteiger partial charge in [-0.3, -0.25) is 29.0 Å². The van der Waals surface area contributed by atoms with Crippen molar-refractivity contribution in [3.63, 3.8) is 0 Å². The highest BCUT2D eigenvalue weighted by molar-refractivity contribution is 6.74. The first-order valence-corrected chi connectivity index (χ1v) is 30.6. The van der Waals surface area contributed by atoms with Crippen molar-refractivity contribution in [2.45, 2.75) is 142 Å². The lowest BCUT2D eigenvalue weighted by atomic mass is 9.94. The van der Waals surface area contributed by atoms with E-state index in [1.165, 1.54) is 0 Å². The third-order valence-electron chi connectivity index (χ3n) is 15.3. The van der Waals surface area contributed by atoms with Crippen LogP contribution in [-0.2, 0) is 63.6 Å². The predicted octanol–water partition coefficient (Wildman–Crippen LogP) is 8.48. The zero-order valence-corrected chi connectivity index (χ0v) is 44.4. The highest BCUT2D eigenvalue weighted by Gasteiger charge is 2.38. The van der Waals surface area contributed by atoms with Gasteiger partial charge in [-0.2, -0.15) is 0 Å². The van der Waals surface area contributed by atoms with Crippen LogP contribution in [0, 0.1) is 11.8 Å². The van der Waals surface area contributed by atoms with E-state index in [0.717, 1.165) is 87.0 Å². The summed E-state index contributed by atoms with van der Waals surface area (Å²) < 4.78 is 23.9. The van der Waals surface area contributed by atoms with Crippen molar-refractivity contribution in [1.29, 1.82) is 0 Å². The van der Waals surface area contributed by atoms with Crippen molar-refractivity contribution >= 4 is 40.4 Å². The van der Waals surface area contributed by atoms with Gasteiger partial charge in [-0.15, -0.1) is 0 Å². The summed E-state index contributed by atoms with van der Waals surface area (Å²) in [5.74, 6) is 0.834. The molecule has 0 atom stereocenters. The second-order valence-corrected chi connectivity index (χ2v) is 31.9. The van der Waals surface area contributed by atoms with Crippen LogP contribution in [0.5, 0.6) is 0 Å². The summed E-state index contributed by atoms with van der Waals surface area (Å²) in [5, 5.41) is 0.331. The molecule has 14 heteroatoms. The lowest BCUT2D eigenvalue weighted by Gasteiger charge is -2.38. The van der Waals surface area contributed by atoms with Gasteiger partial charge in [0, 0.05) is 26.2 Å². The average Bonchev–Trinajstić information content (AvgIpc) is 3.26. The van der Waals surface area contributed by atoms with Gasteiger partial charge >= 0.3 is 11.9 Å². The largest absolute Gasteiger partial charge is 0.465 e. The number of esters is 2. The van der Waals surface area contributed by atoms with Gasteiger partial charge in [0.1, 0.15) is 0 Å². The van der Waals surface area contributed by atoms with Crippen molar-refractivity contribution in [3.05, 3.63) is 70.8 Å². The van der Waals surface area contributed by atoms with Gasteiger partial charge in [-0.1, -0.05) is 90.1 Å². The quantitative estimate of drug-likeness (QED) is 0.0946. The molecule has 2 amide bonds. The number of carbonyl (C=O) groups excluding carboxylic acids is 4. The van der Waals surface area contributed by atoms with E-state index in [2.05, 4.69) is 77.5 Å². The van der Waals surface area contributed by atoms with Crippen LogP contribution in [0.25, 0.3) is 0 Å². The third-order valence-corrected chi connectivity index (χ3v) is 24.2. The van der Waals surface area contributed by atoms with E-state index < -0.39 is 16.6 Å². The van der Waals surface area contributed by atoms with Crippen molar-refractivity contribution in [1.82, 2.24) is 19.6 Å². The molecule has 3 heterocycles. The second kappa shape index (κ2) is 24.2. The molecule has 3 aliphatic heterocycles.